The summed E-state index contributed by atoms with van der Waals surface area (Å²) in [6, 6.07) is 10.2. The van der Waals surface area contributed by atoms with E-state index in [1.54, 1.807) is 38.6 Å². The van der Waals surface area contributed by atoms with Gasteiger partial charge in [0.15, 0.2) is 0 Å². The molecule has 1 aromatic heterocycles. The Balaban J connectivity index is 2.26. The van der Waals surface area contributed by atoms with E-state index in [9.17, 15) is 14.7 Å². The van der Waals surface area contributed by atoms with Gasteiger partial charge in [0.25, 0.3) is 5.91 Å². The summed E-state index contributed by atoms with van der Waals surface area (Å²) in [5.74, 6) is -1.27. The summed E-state index contributed by atoms with van der Waals surface area (Å²) < 4.78 is 11.5. The number of aliphatic carboxylic acids is 1. The number of nitrogens with zero attached hydrogens (tertiary/aromatic N) is 2. The average Bonchev–Trinajstić information content (AvgIpc) is 3.06. The lowest BCUT2D eigenvalue weighted by Gasteiger charge is -2.40. The Morgan fingerprint density at radius 2 is 1.86 bits per heavy atom. The first kappa shape index (κ1) is 26.7. The van der Waals surface area contributed by atoms with E-state index >= 15 is 0 Å². The summed E-state index contributed by atoms with van der Waals surface area (Å²) in [4.78, 5) is 33.4. The van der Waals surface area contributed by atoms with Gasteiger partial charge < -0.3 is 19.5 Å². The quantitative estimate of drug-likeness (QED) is 0.590. The molecule has 2 heterocycles. The van der Waals surface area contributed by atoms with E-state index in [4.69, 9.17) is 9.47 Å². The minimum Gasteiger partial charge on any atom is -0.496 e. The lowest BCUT2D eigenvalue weighted by Crippen LogP contribution is -2.57. The van der Waals surface area contributed by atoms with E-state index in [1.807, 2.05) is 39.0 Å². The number of methoxy groups -OCH3 is 2. The van der Waals surface area contributed by atoms with Gasteiger partial charge in [-0.3, -0.25) is 9.78 Å². The monoisotopic (exact) mass is 482 g/mol. The van der Waals surface area contributed by atoms with Crippen molar-refractivity contribution in [2.75, 3.05) is 14.2 Å². The van der Waals surface area contributed by atoms with Gasteiger partial charge in [0, 0.05) is 24.8 Å². The van der Waals surface area contributed by atoms with Crippen LogP contribution < -0.4 is 4.74 Å². The Morgan fingerprint density at radius 3 is 2.34 bits per heavy atom. The van der Waals surface area contributed by atoms with Crippen LogP contribution in [-0.4, -0.2) is 52.7 Å². The molecule has 7 nitrogen and oxygen atoms in total. The molecule has 2 aromatic rings. The van der Waals surface area contributed by atoms with Crippen LogP contribution in [0.3, 0.4) is 0 Å². The van der Waals surface area contributed by atoms with Gasteiger partial charge in [-0.1, -0.05) is 53.7 Å². The molecule has 1 aliphatic rings. The van der Waals surface area contributed by atoms with Gasteiger partial charge in [-0.2, -0.15) is 0 Å². The molecule has 1 saturated heterocycles. The lowest BCUT2D eigenvalue weighted by atomic mass is 9.78. The van der Waals surface area contributed by atoms with Crippen molar-refractivity contribution < 1.29 is 24.2 Å². The number of rotatable bonds is 7. The number of likely N-dealkylation sites (tertiary alicyclic amines) is 1. The van der Waals surface area contributed by atoms with Crippen molar-refractivity contribution >= 4 is 11.9 Å². The summed E-state index contributed by atoms with van der Waals surface area (Å²) in [6.07, 6.45) is 1.40. The van der Waals surface area contributed by atoms with Crippen LogP contribution in [0.1, 0.15) is 75.6 Å². The zero-order chi connectivity index (χ0) is 26.1. The molecule has 3 rings (SSSR count). The van der Waals surface area contributed by atoms with Crippen molar-refractivity contribution in [3.05, 3.63) is 59.4 Å². The number of aromatic nitrogens is 1. The van der Waals surface area contributed by atoms with Gasteiger partial charge in [-0.25, -0.2) is 4.79 Å². The predicted molar refractivity (Wildman–Crippen MR) is 135 cm³/mol. The Kier molecular flexibility index (Phi) is 7.60. The number of carbonyl (C=O) groups excluding carboxylic acids is 1. The van der Waals surface area contributed by atoms with E-state index in [2.05, 4.69) is 25.8 Å². The molecule has 1 aromatic carbocycles. The number of amides is 1. The fourth-order valence-electron chi connectivity index (χ4n) is 5.53. The van der Waals surface area contributed by atoms with Crippen molar-refractivity contribution in [3.8, 4) is 5.75 Å². The standard InChI is InChI=1S/C28H38N2O5/c1-17(2)16-28(26(32)33)18(3)24(35-8)23(21-11-9-10-14-29-21)30(28)25(31)19-12-13-20(27(4,5)6)22(15-19)34-7/h9-15,17-18,23-24H,16H2,1-8H3,(H,32,33)/t18?,23-,24+,28+/m1/s1. The number of ether oxygens (including phenoxy) is 2. The van der Waals surface area contributed by atoms with Crippen LogP contribution in [0.4, 0.5) is 0 Å². The van der Waals surface area contributed by atoms with Crippen molar-refractivity contribution in [1.29, 1.82) is 0 Å². The molecule has 0 radical (unpaired) electrons. The second kappa shape index (κ2) is 9.97. The maximum Gasteiger partial charge on any atom is 0.330 e. The first-order valence-electron chi connectivity index (χ1n) is 12.1. The molecular weight excluding hydrogens is 444 g/mol. The van der Waals surface area contributed by atoms with Crippen LogP contribution in [0.5, 0.6) is 5.75 Å². The summed E-state index contributed by atoms with van der Waals surface area (Å²) >= 11 is 0. The molecule has 0 spiro atoms. The van der Waals surface area contributed by atoms with E-state index in [-0.39, 0.29) is 23.7 Å². The van der Waals surface area contributed by atoms with Gasteiger partial charge in [-0.15, -0.1) is 0 Å². The van der Waals surface area contributed by atoms with Crippen molar-refractivity contribution in [2.24, 2.45) is 11.8 Å². The molecule has 190 valence electrons. The second-order valence-corrected chi connectivity index (χ2v) is 10.9. The van der Waals surface area contributed by atoms with E-state index in [0.29, 0.717) is 17.0 Å². The molecule has 1 aliphatic heterocycles. The Labute approximate surface area is 208 Å². The summed E-state index contributed by atoms with van der Waals surface area (Å²) in [6.45, 7) is 12.0. The third-order valence-corrected chi connectivity index (χ3v) is 7.09. The van der Waals surface area contributed by atoms with Crippen molar-refractivity contribution in [2.45, 2.75) is 71.1 Å². The second-order valence-electron chi connectivity index (χ2n) is 10.9. The highest BCUT2D eigenvalue weighted by atomic mass is 16.5. The Bertz CT molecular complexity index is 1060. The van der Waals surface area contributed by atoms with Crippen LogP contribution in [0.25, 0.3) is 0 Å². The van der Waals surface area contributed by atoms with Gasteiger partial charge in [0.05, 0.1) is 18.9 Å². The highest BCUT2D eigenvalue weighted by molar-refractivity contribution is 5.99. The lowest BCUT2D eigenvalue weighted by molar-refractivity contribution is -0.152. The molecule has 35 heavy (non-hydrogen) atoms. The van der Waals surface area contributed by atoms with Crippen molar-refractivity contribution in [3.63, 3.8) is 0 Å². The molecule has 4 atom stereocenters. The smallest absolute Gasteiger partial charge is 0.330 e. The molecule has 7 heteroatoms. The third kappa shape index (κ3) is 4.66. The average molecular weight is 483 g/mol. The topological polar surface area (TPSA) is 89.0 Å². The molecule has 1 unspecified atom stereocenters. The molecule has 1 amide bonds. The Morgan fingerprint density at radius 1 is 1.17 bits per heavy atom. The maximum atomic E-state index is 14.3. The normalized spacial score (nSPS) is 24.6. The van der Waals surface area contributed by atoms with Crippen LogP contribution >= 0.6 is 0 Å². The SMILES string of the molecule is COc1cc(C(=O)N2[C@H](c3ccccn3)[C@@H](OC)C(C)[C@@]2(CC(C)C)C(=O)O)ccc1C(C)(C)C. The number of benzene rings is 1. The molecule has 1 fully saturated rings. The summed E-state index contributed by atoms with van der Waals surface area (Å²) in [5, 5.41) is 10.7. The fourth-order valence-corrected chi connectivity index (χ4v) is 5.53. The van der Waals surface area contributed by atoms with Gasteiger partial charge in [0.2, 0.25) is 0 Å². The van der Waals surface area contributed by atoms with Crippen LogP contribution in [0, 0.1) is 11.8 Å². The largest absolute Gasteiger partial charge is 0.496 e. The zero-order valence-electron chi connectivity index (χ0n) is 22.0. The maximum absolute atomic E-state index is 14.3. The van der Waals surface area contributed by atoms with E-state index in [0.717, 1.165) is 5.56 Å². The van der Waals surface area contributed by atoms with Gasteiger partial charge in [-0.05, 0) is 47.6 Å². The first-order chi connectivity index (χ1) is 16.4. The molecular formula is C28H38N2O5. The third-order valence-electron chi connectivity index (χ3n) is 7.09. The van der Waals surface area contributed by atoms with E-state index < -0.39 is 29.6 Å². The minimum absolute atomic E-state index is 0.0293. The predicted octanol–water partition coefficient (Wildman–Crippen LogP) is 5.11. The highest BCUT2D eigenvalue weighted by Gasteiger charge is 2.64. The van der Waals surface area contributed by atoms with Crippen molar-refractivity contribution in [1.82, 2.24) is 9.88 Å². The number of hydrogen-bond acceptors (Lipinski definition) is 5. The van der Waals surface area contributed by atoms with Crippen LogP contribution in [-0.2, 0) is 14.9 Å². The fraction of sp³-hybridized carbons (Fsp3) is 0.536. The number of carbonyl (C=O) groups is 2. The zero-order valence-corrected chi connectivity index (χ0v) is 22.0. The van der Waals surface area contributed by atoms with Gasteiger partial charge >= 0.3 is 5.97 Å². The minimum atomic E-state index is -1.47. The van der Waals surface area contributed by atoms with Crippen LogP contribution in [0.2, 0.25) is 0 Å². The molecule has 0 aliphatic carbocycles. The molecule has 0 bridgehead atoms. The summed E-state index contributed by atoms with van der Waals surface area (Å²) in [5.41, 5.74) is 0.284. The number of pyridine rings is 1. The van der Waals surface area contributed by atoms with Crippen LogP contribution in [0.15, 0.2) is 42.6 Å². The highest BCUT2D eigenvalue weighted by Crippen LogP contribution is 2.51. The number of hydrogen-bond donors (Lipinski definition) is 1. The molecule has 1 N–H and O–H groups in total. The first-order valence-corrected chi connectivity index (χ1v) is 12.1. The number of carboxylic acids is 1. The van der Waals surface area contributed by atoms with E-state index in [1.165, 1.54) is 4.90 Å². The summed E-state index contributed by atoms with van der Waals surface area (Å²) in [7, 11) is 3.14. The molecule has 0 saturated carbocycles. The Hall–Kier alpha value is -2.93. The van der Waals surface area contributed by atoms with Gasteiger partial charge in [0.1, 0.15) is 17.3 Å². The number of carboxylic acid groups (broad SMARTS) is 1.